The molecule has 0 aliphatic rings. The third kappa shape index (κ3) is 6.69. The summed E-state index contributed by atoms with van der Waals surface area (Å²) in [4.78, 5) is 23.5. The van der Waals surface area contributed by atoms with Gasteiger partial charge in [-0.1, -0.05) is 23.7 Å². The zero-order valence-corrected chi connectivity index (χ0v) is 14.5. The normalized spacial score (nSPS) is 10.5. The van der Waals surface area contributed by atoms with E-state index in [4.69, 9.17) is 16.3 Å². The van der Waals surface area contributed by atoms with Gasteiger partial charge in [-0.05, 0) is 48.0 Å². The standard InChI is InChI=1S/C19H19ClN2O3/c1-25-17-9-2-14(3-10-17)4-11-18(23)21-13-12-19(24)22-16-7-5-15(20)6-8-16/h2-11H,12-13H2,1H3,(H,21,23)(H,22,24)/b11-4+. The lowest BCUT2D eigenvalue weighted by Gasteiger charge is -2.05. The molecule has 2 rings (SSSR count). The van der Waals surface area contributed by atoms with Crippen molar-refractivity contribution in [3.8, 4) is 5.75 Å². The third-order valence-corrected chi connectivity index (χ3v) is 3.57. The Kier molecular flexibility index (Phi) is 7.04. The van der Waals surface area contributed by atoms with E-state index in [1.165, 1.54) is 6.08 Å². The number of halogens is 1. The van der Waals surface area contributed by atoms with Crippen LogP contribution in [0.2, 0.25) is 5.02 Å². The number of nitrogens with one attached hydrogen (secondary N) is 2. The van der Waals surface area contributed by atoms with Gasteiger partial charge in [0.25, 0.3) is 0 Å². The van der Waals surface area contributed by atoms with Gasteiger partial charge in [0.15, 0.2) is 0 Å². The molecular formula is C19H19ClN2O3. The lowest BCUT2D eigenvalue weighted by atomic mass is 10.2. The van der Waals surface area contributed by atoms with Crippen LogP contribution in [-0.4, -0.2) is 25.5 Å². The Morgan fingerprint density at radius 3 is 2.40 bits per heavy atom. The minimum Gasteiger partial charge on any atom is -0.497 e. The number of benzene rings is 2. The fraction of sp³-hybridized carbons (Fsp3) is 0.158. The van der Waals surface area contributed by atoms with Crippen LogP contribution in [0.5, 0.6) is 5.75 Å². The third-order valence-electron chi connectivity index (χ3n) is 3.32. The van der Waals surface area contributed by atoms with Crippen LogP contribution in [0.25, 0.3) is 6.08 Å². The highest BCUT2D eigenvalue weighted by atomic mass is 35.5. The number of carbonyl (C=O) groups excluding carboxylic acids is 2. The van der Waals surface area contributed by atoms with Crippen molar-refractivity contribution in [2.45, 2.75) is 6.42 Å². The van der Waals surface area contributed by atoms with Gasteiger partial charge in [-0.25, -0.2) is 0 Å². The van der Waals surface area contributed by atoms with Crippen molar-refractivity contribution < 1.29 is 14.3 Å². The summed E-state index contributed by atoms with van der Waals surface area (Å²) in [6.45, 7) is 0.255. The molecule has 0 atom stereocenters. The Morgan fingerprint density at radius 1 is 1.08 bits per heavy atom. The summed E-state index contributed by atoms with van der Waals surface area (Å²) >= 11 is 5.78. The molecular weight excluding hydrogens is 340 g/mol. The van der Waals surface area contributed by atoms with Crippen molar-refractivity contribution in [3.63, 3.8) is 0 Å². The maximum atomic E-state index is 11.8. The average molecular weight is 359 g/mol. The molecule has 5 nitrogen and oxygen atoms in total. The summed E-state index contributed by atoms with van der Waals surface area (Å²) in [5, 5.41) is 6.01. The number of methoxy groups -OCH3 is 1. The SMILES string of the molecule is COc1ccc(/C=C/C(=O)NCCC(=O)Nc2ccc(Cl)cc2)cc1. The number of rotatable bonds is 7. The molecule has 6 heteroatoms. The van der Waals surface area contributed by atoms with Crippen molar-refractivity contribution in [1.82, 2.24) is 5.32 Å². The van der Waals surface area contributed by atoms with E-state index in [9.17, 15) is 9.59 Å². The lowest BCUT2D eigenvalue weighted by Crippen LogP contribution is -2.26. The van der Waals surface area contributed by atoms with Gasteiger partial charge in [0.1, 0.15) is 5.75 Å². The second-order valence-corrected chi connectivity index (χ2v) is 5.64. The second-order valence-electron chi connectivity index (χ2n) is 5.20. The van der Waals surface area contributed by atoms with Crippen LogP contribution < -0.4 is 15.4 Å². The molecule has 0 heterocycles. The van der Waals surface area contributed by atoms with E-state index in [-0.39, 0.29) is 24.8 Å². The molecule has 2 amide bonds. The van der Waals surface area contributed by atoms with Gasteiger partial charge in [-0.3, -0.25) is 9.59 Å². The van der Waals surface area contributed by atoms with Gasteiger partial charge in [-0.15, -0.1) is 0 Å². The van der Waals surface area contributed by atoms with Crippen molar-refractivity contribution in [3.05, 3.63) is 65.2 Å². The highest BCUT2D eigenvalue weighted by Gasteiger charge is 2.03. The number of amides is 2. The molecule has 2 aromatic carbocycles. The molecule has 0 fully saturated rings. The zero-order chi connectivity index (χ0) is 18.1. The Balaban J connectivity index is 1.71. The first-order chi connectivity index (χ1) is 12.1. The summed E-state index contributed by atoms with van der Waals surface area (Å²) in [7, 11) is 1.60. The van der Waals surface area contributed by atoms with Crippen LogP contribution in [0, 0.1) is 0 Å². The topological polar surface area (TPSA) is 67.4 Å². The molecule has 0 aliphatic heterocycles. The van der Waals surface area contributed by atoms with Crippen LogP contribution >= 0.6 is 11.6 Å². The quantitative estimate of drug-likeness (QED) is 0.744. The summed E-state index contributed by atoms with van der Waals surface area (Å²) in [5.74, 6) is 0.324. The predicted octanol–water partition coefficient (Wildman–Crippen LogP) is 3.51. The molecule has 0 saturated carbocycles. The van der Waals surface area contributed by atoms with E-state index in [0.29, 0.717) is 10.7 Å². The molecule has 130 valence electrons. The van der Waals surface area contributed by atoms with Crippen molar-refractivity contribution >= 4 is 35.2 Å². The van der Waals surface area contributed by atoms with Crippen LogP contribution in [0.4, 0.5) is 5.69 Å². The first kappa shape index (κ1) is 18.5. The van der Waals surface area contributed by atoms with E-state index in [2.05, 4.69) is 10.6 Å². The van der Waals surface area contributed by atoms with E-state index in [1.807, 2.05) is 24.3 Å². The summed E-state index contributed by atoms with van der Waals surface area (Å²) in [6, 6.07) is 14.2. The predicted molar refractivity (Wildman–Crippen MR) is 99.7 cm³/mol. The monoisotopic (exact) mass is 358 g/mol. The molecule has 0 bridgehead atoms. The fourth-order valence-corrected chi connectivity index (χ4v) is 2.13. The van der Waals surface area contributed by atoms with Gasteiger partial charge in [0, 0.05) is 29.8 Å². The largest absolute Gasteiger partial charge is 0.497 e. The maximum absolute atomic E-state index is 11.8. The molecule has 0 unspecified atom stereocenters. The van der Waals surface area contributed by atoms with E-state index < -0.39 is 0 Å². The molecule has 0 saturated heterocycles. The molecule has 0 spiro atoms. The van der Waals surface area contributed by atoms with Crippen molar-refractivity contribution in [2.75, 3.05) is 19.0 Å². The van der Waals surface area contributed by atoms with Gasteiger partial charge in [-0.2, -0.15) is 0 Å². The van der Waals surface area contributed by atoms with Crippen LogP contribution in [0.15, 0.2) is 54.6 Å². The first-order valence-corrected chi connectivity index (χ1v) is 8.10. The molecule has 2 aromatic rings. The summed E-state index contributed by atoms with van der Waals surface area (Å²) in [6.07, 6.45) is 3.31. The fourth-order valence-electron chi connectivity index (χ4n) is 2.00. The average Bonchev–Trinajstić information content (AvgIpc) is 2.62. The minimum atomic E-state index is -0.255. The minimum absolute atomic E-state index is 0.179. The molecule has 0 aliphatic carbocycles. The lowest BCUT2D eigenvalue weighted by molar-refractivity contribution is -0.117. The molecule has 25 heavy (non-hydrogen) atoms. The van der Waals surface area contributed by atoms with E-state index in [0.717, 1.165) is 11.3 Å². The molecule has 2 N–H and O–H groups in total. The number of ether oxygens (including phenoxy) is 1. The van der Waals surface area contributed by atoms with Crippen LogP contribution in [0.1, 0.15) is 12.0 Å². The van der Waals surface area contributed by atoms with Crippen molar-refractivity contribution in [2.24, 2.45) is 0 Å². The highest BCUT2D eigenvalue weighted by Crippen LogP contribution is 2.13. The molecule has 0 radical (unpaired) electrons. The van der Waals surface area contributed by atoms with Crippen LogP contribution in [-0.2, 0) is 9.59 Å². The van der Waals surface area contributed by atoms with Crippen molar-refractivity contribution in [1.29, 1.82) is 0 Å². The number of carbonyl (C=O) groups is 2. The number of hydrogen-bond acceptors (Lipinski definition) is 3. The first-order valence-electron chi connectivity index (χ1n) is 7.72. The number of hydrogen-bond donors (Lipinski definition) is 2. The van der Waals surface area contributed by atoms with Gasteiger partial charge in [0.2, 0.25) is 11.8 Å². The summed E-state index contributed by atoms with van der Waals surface area (Å²) in [5.41, 5.74) is 1.55. The Morgan fingerprint density at radius 2 is 1.76 bits per heavy atom. The van der Waals surface area contributed by atoms with Gasteiger partial charge in [0.05, 0.1) is 7.11 Å². The zero-order valence-electron chi connectivity index (χ0n) is 13.8. The number of anilines is 1. The van der Waals surface area contributed by atoms with Gasteiger partial charge >= 0.3 is 0 Å². The smallest absolute Gasteiger partial charge is 0.244 e. The second kappa shape index (κ2) is 9.49. The van der Waals surface area contributed by atoms with E-state index >= 15 is 0 Å². The summed E-state index contributed by atoms with van der Waals surface area (Å²) < 4.78 is 5.07. The molecule has 0 aromatic heterocycles. The maximum Gasteiger partial charge on any atom is 0.244 e. The Labute approximate surface area is 151 Å². The Hall–Kier alpha value is -2.79. The Bertz CT molecular complexity index is 740. The van der Waals surface area contributed by atoms with Gasteiger partial charge < -0.3 is 15.4 Å². The van der Waals surface area contributed by atoms with Crippen LogP contribution in [0.3, 0.4) is 0 Å². The highest BCUT2D eigenvalue weighted by molar-refractivity contribution is 6.30. The van der Waals surface area contributed by atoms with E-state index in [1.54, 1.807) is 37.5 Å².